The number of fused-ring (bicyclic) bond motifs is 2. The van der Waals surface area contributed by atoms with Crippen LogP contribution in [0.3, 0.4) is 0 Å². The average Bonchev–Trinajstić information content (AvgIpc) is 3.13. The second-order valence-corrected chi connectivity index (χ2v) is 9.97. The molecule has 0 saturated carbocycles. The number of amides is 2. The summed E-state index contributed by atoms with van der Waals surface area (Å²) in [7, 11) is -4.15. The number of sulfone groups is 1. The highest BCUT2D eigenvalue weighted by Crippen LogP contribution is 2.52. The first-order chi connectivity index (χ1) is 14.9. The Bertz CT molecular complexity index is 1300. The van der Waals surface area contributed by atoms with Gasteiger partial charge in [0.2, 0.25) is 5.91 Å². The SMILES string of the molecule is Cc1ccc(N2C(=O)CS(=O)(=O)C23C(=O)N(Cc2ccccc2)c2ccccc23)cc1. The molecule has 2 heterocycles. The number of hydrogen-bond donors (Lipinski definition) is 0. The minimum atomic E-state index is -4.15. The lowest BCUT2D eigenvalue weighted by Gasteiger charge is -2.32. The van der Waals surface area contributed by atoms with E-state index in [9.17, 15) is 18.0 Å². The molecule has 2 aliphatic rings. The predicted molar refractivity (Wildman–Crippen MR) is 118 cm³/mol. The molecule has 5 rings (SSSR count). The van der Waals surface area contributed by atoms with Gasteiger partial charge in [-0.25, -0.2) is 8.42 Å². The molecule has 0 N–H and O–H groups in total. The smallest absolute Gasteiger partial charge is 0.274 e. The highest BCUT2D eigenvalue weighted by atomic mass is 32.2. The molecule has 1 saturated heterocycles. The fourth-order valence-electron chi connectivity index (χ4n) is 4.51. The van der Waals surface area contributed by atoms with Gasteiger partial charge in [-0.3, -0.25) is 14.5 Å². The summed E-state index contributed by atoms with van der Waals surface area (Å²) in [4.78, 5) is 27.5. The van der Waals surface area contributed by atoms with Crippen molar-refractivity contribution in [2.45, 2.75) is 18.3 Å². The lowest BCUT2D eigenvalue weighted by molar-refractivity contribution is -0.123. The molecule has 1 unspecified atom stereocenters. The minimum absolute atomic E-state index is 0.212. The Kier molecular flexibility index (Phi) is 4.27. The van der Waals surface area contributed by atoms with Crippen molar-refractivity contribution in [3.8, 4) is 0 Å². The first-order valence-electron chi connectivity index (χ1n) is 9.94. The van der Waals surface area contributed by atoms with Gasteiger partial charge in [-0.2, -0.15) is 0 Å². The van der Waals surface area contributed by atoms with Crippen LogP contribution in [0.4, 0.5) is 11.4 Å². The highest BCUT2D eigenvalue weighted by Gasteiger charge is 2.69. The predicted octanol–water partition coefficient (Wildman–Crippen LogP) is 3.16. The first kappa shape index (κ1) is 19.5. The van der Waals surface area contributed by atoms with Crippen LogP contribution in [0, 0.1) is 6.92 Å². The van der Waals surface area contributed by atoms with Crippen molar-refractivity contribution in [1.82, 2.24) is 0 Å². The second-order valence-electron chi connectivity index (χ2n) is 7.86. The third kappa shape index (κ3) is 2.66. The third-order valence-corrected chi connectivity index (χ3v) is 8.00. The summed E-state index contributed by atoms with van der Waals surface area (Å²) in [5.41, 5.74) is 3.05. The maximum atomic E-state index is 14.0. The van der Waals surface area contributed by atoms with Crippen molar-refractivity contribution < 1.29 is 18.0 Å². The molecule has 3 aromatic rings. The molecule has 0 aliphatic carbocycles. The van der Waals surface area contributed by atoms with E-state index in [-0.39, 0.29) is 6.54 Å². The fraction of sp³-hybridized carbons (Fsp3) is 0.167. The van der Waals surface area contributed by atoms with Crippen LogP contribution < -0.4 is 9.80 Å². The lowest BCUT2D eigenvalue weighted by atomic mass is 10.0. The zero-order chi connectivity index (χ0) is 21.8. The van der Waals surface area contributed by atoms with Crippen LogP contribution in [-0.2, 0) is 30.8 Å². The second kappa shape index (κ2) is 6.78. The van der Waals surface area contributed by atoms with E-state index in [0.717, 1.165) is 11.1 Å². The van der Waals surface area contributed by atoms with Gasteiger partial charge in [0.05, 0.1) is 12.2 Å². The molecule has 1 atom stereocenters. The Balaban J connectivity index is 1.75. The molecule has 3 aromatic carbocycles. The summed E-state index contributed by atoms with van der Waals surface area (Å²) < 4.78 is 27.0. The van der Waals surface area contributed by atoms with E-state index < -0.39 is 32.3 Å². The van der Waals surface area contributed by atoms with Crippen molar-refractivity contribution in [2.24, 2.45) is 0 Å². The number of hydrogen-bond acceptors (Lipinski definition) is 4. The number of carbonyl (C=O) groups excluding carboxylic acids is 2. The van der Waals surface area contributed by atoms with E-state index >= 15 is 0 Å². The largest absolute Gasteiger partial charge is 0.304 e. The molecule has 0 bridgehead atoms. The van der Waals surface area contributed by atoms with Crippen LogP contribution in [0.25, 0.3) is 0 Å². The van der Waals surface area contributed by atoms with Gasteiger partial charge in [-0.15, -0.1) is 0 Å². The molecular formula is C24H20N2O4S. The Labute approximate surface area is 180 Å². The number of benzene rings is 3. The van der Waals surface area contributed by atoms with Crippen molar-refractivity contribution in [3.63, 3.8) is 0 Å². The van der Waals surface area contributed by atoms with E-state index in [0.29, 0.717) is 16.9 Å². The fourth-order valence-corrected chi connectivity index (χ4v) is 6.54. The molecule has 156 valence electrons. The quantitative estimate of drug-likeness (QED) is 0.637. The van der Waals surface area contributed by atoms with E-state index in [2.05, 4.69) is 0 Å². The first-order valence-corrected chi connectivity index (χ1v) is 11.6. The standard InChI is InChI=1S/C24H20N2O4S/c1-17-11-13-19(14-12-17)26-22(27)16-31(29,30)24(26)20-9-5-6-10-21(20)25(23(24)28)15-18-7-3-2-4-8-18/h2-14H,15-16H2,1H3. The highest BCUT2D eigenvalue weighted by molar-refractivity contribution is 7.94. The Morgan fingerprint density at radius 3 is 2.23 bits per heavy atom. The van der Waals surface area contributed by atoms with Gasteiger partial charge >= 0.3 is 0 Å². The van der Waals surface area contributed by atoms with Crippen LogP contribution in [0.15, 0.2) is 78.9 Å². The Hall–Kier alpha value is -3.45. The lowest BCUT2D eigenvalue weighted by Crippen LogP contribution is -2.54. The molecule has 31 heavy (non-hydrogen) atoms. The number of rotatable bonds is 3. The van der Waals surface area contributed by atoms with Gasteiger partial charge in [-0.1, -0.05) is 66.2 Å². The van der Waals surface area contributed by atoms with Crippen molar-refractivity contribution in [1.29, 1.82) is 0 Å². The number of para-hydroxylation sites is 1. The van der Waals surface area contributed by atoms with Crippen molar-refractivity contribution >= 4 is 33.0 Å². The van der Waals surface area contributed by atoms with Gasteiger partial charge in [0.1, 0.15) is 5.75 Å². The molecule has 1 fully saturated rings. The average molecular weight is 433 g/mol. The number of anilines is 2. The summed E-state index contributed by atoms with van der Waals surface area (Å²) in [6.45, 7) is 2.11. The van der Waals surface area contributed by atoms with Crippen LogP contribution in [0.1, 0.15) is 16.7 Å². The third-order valence-electron chi connectivity index (χ3n) is 5.90. The molecule has 2 aliphatic heterocycles. The van der Waals surface area contributed by atoms with Gasteiger partial charge < -0.3 is 4.90 Å². The summed E-state index contributed by atoms with van der Waals surface area (Å²) in [6, 6.07) is 23.2. The Morgan fingerprint density at radius 1 is 0.871 bits per heavy atom. The minimum Gasteiger partial charge on any atom is -0.304 e. The van der Waals surface area contributed by atoms with Gasteiger partial charge in [0.15, 0.2) is 9.84 Å². The number of nitrogens with zero attached hydrogens (tertiary/aromatic N) is 2. The van der Waals surface area contributed by atoms with E-state index in [1.54, 1.807) is 48.5 Å². The normalized spacial score (nSPS) is 21.7. The molecule has 6 nitrogen and oxygen atoms in total. The molecule has 0 aromatic heterocycles. The number of carbonyl (C=O) groups is 2. The van der Waals surface area contributed by atoms with Crippen molar-refractivity contribution in [3.05, 3.63) is 95.6 Å². The summed E-state index contributed by atoms with van der Waals surface area (Å²) in [5, 5.41) is 0. The Morgan fingerprint density at radius 2 is 1.52 bits per heavy atom. The topological polar surface area (TPSA) is 74.8 Å². The summed E-state index contributed by atoms with van der Waals surface area (Å²) in [5.74, 6) is -1.93. The van der Waals surface area contributed by atoms with Crippen LogP contribution in [0.2, 0.25) is 0 Å². The van der Waals surface area contributed by atoms with Crippen LogP contribution >= 0.6 is 0 Å². The maximum absolute atomic E-state index is 14.0. The summed E-state index contributed by atoms with van der Waals surface area (Å²) in [6.07, 6.45) is 0. The van der Waals surface area contributed by atoms with E-state index in [4.69, 9.17) is 0 Å². The number of aryl methyl sites for hydroxylation is 1. The molecule has 0 radical (unpaired) electrons. The van der Waals surface area contributed by atoms with Crippen LogP contribution in [0.5, 0.6) is 0 Å². The van der Waals surface area contributed by atoms with Gasteiger partial charge in [0.25, 0.3) is 10.8 Å². The zero-order valence-corrected chi connectivity index (χ0v) is 17.7. The molecular weight excluding hydrogens is 412 g/mol. The molecule has 7 heteroatoms. The van der Waals surface area contributed by atoms with E-state index in [1.807, 2.05) is 37.3 Å². The maximum Gasteiger partial charge on any atom is 0.274 e. The van der Waals surface area contributed by atoms with E-state index in [1.165, 1.54) is 9.80 Å². The van der Waals surface area contributed by atoms with Gasteiger partial charge in [0, 0.05) is 11.3 Å². The van der Waals surface area contributed by atoms with Crippen molar-refractivity contribution in [2.75, 3.05) is 15.6 Å². The molecule has 2 amide bonds. The monoisotopic (exact) mass is 432 g/mol. The molecule has 1 spiro atoms. The van der Waals surface area contributed by atoms with Gasteiger partial charge in [-0.05, 0) is 30.7 Å². The van der Waals surface area contributed by atoms with Crippen LogP contribution in [-0.4, -0.2) is 26.0 Å². The summed E-state index contributed by atoms with van der Waals surface area (Å²) >= 11 is 0. The zero-order valence-electron chi connectivity index (χ0n) is 16.9.